The molecule has 0 saturated carbocycles. The van der Waals surface area contributed by atoms with Crippen LogP contribution in [0.25, 0.3) is 10.9 Å². The van der Waals surface area contributed by atoms with Gasteiger partial charge in [-0.05, 0) is 63.4 Å². The third-order valence-electron chi connectivity index (χ3n) is 5.71. The first kappa shape index (κ1) is 21.1. The van der Waals surface area contributed by atoms with Gasteiger partial charge in [-0.25, -0.2) is 4.98 Å². The Morgan fingerprint density at radius 3 is 2.35 bits per heavy atom. The molecule has 31 heavy (non-hydrogen) atoms. The molecule has 4 rings (SSSR count). The number of carbonyl (C=O) groups excluding carboxylic acids is 2. The zero-order valence-electron chi connectivity index (χ0n) is 18.4. The van der Waals surface area contributed by atoms with Gasteiger partial charge in [0.2, 0.25) is 0 Å². The van der Waals surface area contributed by atoms with Crippen LogP contribution in [0.4, 0.5) is 0 Å². The third-order valence-corrected chi connectivity index (χ3v) is 5.71. The first-order chi connectivity index (χ1) is 14.6. The standard InChI is InChI=1S/C25H26N2O4/c1-6-15-11-12-17(30-23-26-14-16-9-7-8-10-19(16)27-23)13-18(15)20-21(28)24(2,3)31-25(4,5)22(20)29/h7-14,20H,6H2,1-5H3. The number of fused-ring (bicyclic) bond motifs is 1. The van der Waals surface area contributed by atoms with Crippen molar-refractivity contribution in [3.8, 4) is 11.8 Å². The molecule has 0 atom stereocenters. The van der Waals surface area contributed by atoms with E-state index in [9.17, 15) is 9.59 Å². The summed E-state index contributed by atoms with van der Waals surface area (Å²) in [5.74, 6) is -0.920. The predicted molar refractivity (Wildman–Crippen MR) is 117 cm³/mol. The highest BCUT2D eigenvalue weighted by Gasteiger charge is 2.53. The van der Waals surface area contributed by atoms with Gasteiger partial charge < -0.3 is 9.47 Å². The second-order valence-electron chi connectivity index (χ2n) is 8.81. The van der Waals surface area contributed by atoms with Crippen molar-refractivity contribution in [1.29, 1.82) is 0 Å². The predicted octanol–water partition coefficient (Wildman–Crippen LogP) is 4.79. The van der Waals surface area contributed by atoms with Crippen LogP contribution in [-0.2, 0) is 20.7 Å². The number of benzene rings is 2. The smallest absolute Gasteiger partial charge is 0.322 e. The number of nitrogens with zero attached hydrogens (tertiary/aromatic N) is 2. The molecule has 1 fully saturated rings. The fourth-order valence-electron chi connectivity index (χ4n) is 4.17. The molecule has 1 aromatic heterocycles. The van der Waals surface area contributed by atoms with Crippen molar-refractivity contribution in [2.45, 2.75) is 58.2 Å². The first-order valence-electron chi connectivity index (χ1n) is 10.4. The lowest BCUT2D eigenvalue weighted by Crippen LogP contribution is -2.58. The van der Waals surface area contributed by atoms with E-state index >= 15 is 0 Å². The molecular weight excluding hydrogens is 392 g/mol. The summed E-state index contributed by atoms with van der Waals surface area (Å²) in [6, 6.07) is 13.3. The third kappa shape index (κ3) is 3.83. The molecule has 0 radical (unpaired) electrons. The molecule has 1 saturated heterocycles. The summed E-state index contributed by atoms with van der Waals surface area (Å²) in [6.45, 7) is 8.85. The fraction of sp³-hybridized carbons (Fsp3) is 0.360. The van der Waals surface area contributed by atoms with Gasteiger partial charge in [0.25, 0.3) is 0 Å². The monoisotopic (exact) mass is 418 g/mol. The lowest BCUT2D eigenvalue weighted by Gasteiger charge is -2.43. The molecule has 6 nitrogen and oxygen atoms in total. The number of hydrogen-bond acceptors (Lipinski definition) is 6. The van der Waals surface area contributed by atoms with Crippen molar-refractivity contribution >= 4 is 22.5 Å². The minimum absolute atomic E-state index is 0.208. The van der Waals surface area contributed by atoms with Crippen LogP contribution in [0.3, 0.4) is 0 Å². The lowest BCUT2D eigenvalue weighted by atomic mass is 9.73. The van der Waals surface area contributed by atoms with Gasteiger partial charge in [-0.2, -0.15) is 4.98 Å². The van der Waals surface area contributed by atoms with E-state index in [2.05, 4.69) is 9.97 Å². The summed E-state index contributed by atoms with van der Waals surface area (Å²) >= 11 is 0. The quantitative estimate of drug-likeness (QED) is 0.567. The normalized spacial score (nSPS) is 18.4. The number of aryl methyl sites for hydroxylation is 1. The van der Waals surface area contributed by atoms with E-state index in [1.807, 2.05) is 43.3 Å². The van der Waals surface area contributed by atoms with Gasteiger partial charge >= 0.3 is 6.01 Å². The van der Waals surface area contributed by atoms with E-state index < -0.39 is 17.1 Å². The summed E-state index contributed by atoms with van der Waals surface area (Å²) in [4.78, 5) is 35.2. The highest BCUT2D eigenvalue weighted by atomic mass is 16.5. The average molecular weight is 418 g/mol. The molecule has 0 N–H and O–H groups in total. The zero-order valence-corrected chi connectivity index (χ0v) is 18.4. The maximum absolute atomic E-state index is 13.2. The Morgan fingerprint density at radius 1 is 1.00 bits per heavy atom. The van der Waals surface area contributed by atoms with Crippen LogP contribution < -0.4 is 4.74 Å². The number of ketones is 2. The molecule has 1 aliphatic heterocycles. The molecular formula is C25H26N2O4. The lowest BCUT2D eigenvalue weighted by molar-refractivity contribution is -0.184. The number of Topliss-reactive ketones (excluding diaryl/α,β-unsaturated/α-hetero) is 2. The van der Waals surface area contributed by atoms with Crippen LogP contribution in [0.1, 0.15) is 51.7 Å². The highest BCUT2D eigenvalue weighted by molar-refractivity contribution is 6.15. The Morgan fingerprint density at radius 2 is 1.68 bits per heavy atom. The molecule has 2 aromatic carbocycles. The van der Waals surface area contributed by atoms with Crippen molar-refractivity contribution in [1.82, 2.24) is 9.97 Å². The summed E-state index contributed by atoms with van der Waals surface area (Å²) in [6.07, 6.45) is 2.39. The molecule has 2 heterocycles. The molecule has 0 unspecified atom stereocenters. The fourth-order valence-corrected chi connectivity index (χ4v) is 4.17. The summed E-state index contributed by atoms with van der Waals surface area (Å²) in [5.41, 5.74) is 0.222. The molecule has 3 aromatic rings. The average Bonchev–Trinajstić information content (AvgIpc) is 2.72. The van der Waals surface area contributed by atoms with Gasteiger partial charge in [-0.3, -0.25) is 9.59 Å². The second-order valence-corrected chi connectivity index (χ2v) is 8.81. The number of para-hydroxylation sites is 1. The second kappa shape index (κ2) is 7.54. The van der Waals surface area contributed by atoms with Crippen molar-refractivity contribution in [3.63, 3.8) is 0 Å². The van der Waals surface area contributed by atoms with E-state index in [-0.39, 0.29) is 17.6 Å². The van der Waals surface area contributed by atoms with Gasteiger partial charge in [0.15, 0.2) is 11.6 Å². The van der Waals surface area contributed by atoms with Gasteiger partial charge in [0.05, 0.1) is 5.52 Å². The van der Waals surface area contributed by atoms with Gasteiger partial charge in [0, 0.05) is 11.6 Å². The summed E-state index contributed by atoms with van der Waals surface area (Å²) in [5, 5.41) is 0.916. The van der Waals surface area contributed by atoms with Crippen molar-refractivity contribution in [2.24, 2.45) is 0 Å². The maximum Gasteiger partial charge on any atom is 0.322 e. The van der Waals surface area contributed by atoms with Crippen LogP contribution in [0.15, 0.2) is 48.7 Å². The molecule has 0 amide bonds. The van der Waals surface area contributed by atoms with Gasteiger partial charge in [0.1, 0.15) is 22.9 Å². The van der Waals surface area contributed by atoms with E-state index in [0.717, 1.165) is 16.5 Å². The van der Waals surface area contributed by atoms with Gasteiger partial charge in [-0.15, -0.1) is 0 Å². The van der Waals surface area contributed by atoms with Crippen molar-refractivity contribution < 1.29 is 19.1 Å². The van der Waals surface area contributed by atoms with E-state index in [0.29, 0.717) is 17.7 Å². The van der Waals surface area contributed by atoms with E-state index in [1.54, 1.807) is 40.0 Å². The van der Waals surface area contributed by atoms with Crippen LogP contribution in [-0.4, -0.2) is 32.7 Å². The van der Waals surface area contributed by atoms with Crippen molar-refractivity contribution in [3.05, 3.63) is 59.8 Å². The largest absolute Gasteiger partial charge is 0.424 e. The number of aromatic nitrogens is 2. The Balaban J connectivity index is 1.75. The molecule has 160 valence electrons. The van der Waals surface area contributed by atoms with Crippen LogP contribution in [0.5, 0.6) is 11.8 Å². The molecule has 0 spiro atoms. The molecule has 6 heteroatoms. The Kier molecular flexibility index (Phi) is 5.13. The molecule has 1 aliphatic rings. The summed E-state index contributed by atoms with van der Waals surface area (Å²) in [7, 11) is 0. The maximum atomic E-state index is 13.2. The summed E-state index contributed by atoms with van der Waals surface area (Å²) < 4.78 is 11.7. The topological polar surface area (TPSA) is 78.4 Å². The zero-order chi connectivity index (χ0) is 22.4. The van der Waals surface area contributed by atoms with E-state index in [1.165, 1.54) is 0 Å². The van der Waals surface area contributed by atoms with Gasteiger partial charge in [-0.1, -0.05) is 31.2 Å². The van der Waals surface area contributed by atoms with E-state index in [4.69, 9.17) is 9.47 Å². The molecule has 0 bridgehead atoms. The van der Waals surface area contributed by atoms with Crippen LogP contribution in [0, 0.1) is 0 Å². The SMILES string of the molecule is CCc1ccc(Oc2ncc3ccccc3n2)cc1C1C(=O)C(C)(C)OC(C)(C)C1=O. The van der Waals surface area contributed by atoms with Crippen LogP contribution >= 0.6 is 0 Å². The highest BCUT2D eigenvalue weighted by Crippen LogP contribution is 2.40. The minimum atomic E-state index is -1.06. The number of ether oxygens (including phenoxy) is 2. The Labute approximate surface area is 181 Å². The number of rotatable bonds is 4. The van der Waals surface area contributed by atoms with Crippen LogP contribution in [0.2, 0.25) is 0 Å². The Hall–Kier alpha value is -3.12. The van der Waals surface area contributed by atoms with Crippen molar-refractivity contribution in [2.75, 3.05) is 0 Å². The first-order valence-corrected chi connectivity index (χ1v) is 10.4. The number of hydrogen-bond donors (Lipinski definition) is 0. The molecule has 0 aliphatic carbocycles. The Bertz CT molecular complexity index is 1160. The minimum Gasteiger partial charge on any atom is -0.424 e. The number of carbonyl (C=O) groups is 2.